The van der Waals surface area contributed by atoms with Crippen molar-refractivity contribution in [3.8, 4) is 5.69 Å². The van der Waals surface area contributed by atoms with Gasteiger partial charge in [-0.2, -0.15) is 5.10 Å². The molecule has 29 heavy (non-hydrogen) atoms. The van der Waals surface area contributed by atoms with Gasteiger partial charge in [-0.25, -0.2) is 4.68 Å². The Morgan fingerprint density at radius 3 is 2.34 bits per heavy atom. The first-order chi connectivity index (χ1) is 13.9. The fraction of sp³-hybridized carbons (Fsp3) is 0.238. The number of hydrogen-bond acceptors (Lipinski definition) is 3. The summed E-state index contributed by atoms with van der Waals surface area (Å²) in [6.07, 6.45) is 0. The van der Waals surface area contributed by atoms with Crippen LogP contribution in [-0.2, 0) is 11.3 Å². The monoisotopic (exact) mass is 450 g/mol. The molecule has 2 aromatic carbocycles. The predicted octanol–water partition coefficient (Wildman–Crippen LogP) is 5.60. The van der Waals surface area contributed by atoms with Crippen molar-refractivity contribution in [2.75, 3.05) is 18.4 Å². The van der Waals surface area contributed by atoms with Gasteiger partial charge < -0.3 is 5.32 Å². The van der Waals surface area contributed by atoms with Gasteiger partial charge >= 0.3 is 0 Å². The van der Waals surface area contributed by atoms with Gasteiger partial charge in [0.2, 0.25) is 5.91 Å². The van der Waals surface area contributed by atoms with Crippen molar-refractivity contribution >= 4 is 46.4 Å². The lowest BCUT2D eigenvalue weighted by molar-refractivity contribution is -0.117. The first-order valence-corrected chi connectivity index (χ1v) is 10.3. The van der Waals surface area contributed by atoms with Crippen molar-refractivity contribution in [3.63, 3.8) is 0 Å². The van der Waals surface area contributed by atoms with Crippen LogP contribution in [0.4, 0.5) is 5.69 Å². The minimum Gasteiger partial charge on any atom is -0.322 e. The molecule has 1 heterocycles. The molecule has 0 saturated heterocycles. The van der Waals surface area contributed by atoms with Gasteiger partial charge in [0, 0.05) is 12.1 Å². The average molecular weight is 452 g/mol. The number of halogens is 3. The number of aromatic nitrogens is 2. The number of likely N-dealkylation sites (N-methyl/N-ethyl adjacent to an activating group) is 1. The van der Waals surface area contributed by atoms with Crippen molar-refractivity contribution in [2.24, 2.45) is 0 Å². The Morgan fingerprint density at radius 2 is 1.72 bits per heavy atom. The zero-order chi connectivity index (χ0) is 21.0. The van der Waals surface area contributed by atoms with E-state index in [0.29, 0.717) is 34.0 Å². The highest BCUT2D eigenvalue weighted by molar-refractivity contribution is 6.39. The van der Waals surface area contributed by atoms with Crippen LogP contribution in [0.25, 0.3) is 5.69 Å². The Balaban J connectivity index is 1.73. The number of carbonyl (C=O) groups is 1. The van der Waals surface area contributed by atoms with Crippen LogP contribution in [0.15, 0.2) is 48.5 Å². The summed E-state index contributed by atoms with van der Waals surface area (Å²) in [5, 5.41) is 8.69. The van der Waals surface area contributed by atoms with Crippen LogP contribution >= 0.6 is 34.8 Å². The molecule has 0 atom stereocenters. The van der Waals surface area contributed by atoms with Gasteiger partial charge in [-0.15, -0.1) is 0 Å². The van der Waals surface area contributed by atoms with E-state index < -0.39 is 0 Å². The second-order valence-electron chi connectivity index (χ2n) is 6.55. The van der Waals surface area contributed by atoms with E-state index in [9.17, 15) is 4.79 Å². The maximum Gasteiger partial charge on any atom is 0.238 e. The lowest BCUT2D eigenvalue weighted by Crippen LogP contribution is -2.33. The number of anilines is 1. The summed E-state index contributed by atoms with van der Waals surface area (Å²) in [6.45, 7) is 5.23. The Labute approximate surface area is 185 Å². The first kappa shape index (κ1) is 21.7. The summed E-state index contributed by atoms with van der Waals surface area (Å²) in [5.41, 5.74) is 3.02. The minimum atomic E-state index is -0.203. The molecule has 0 aliphatic heterocycles. The topological polar surface area (TPSA) is 50.2 Å². The van der Waals surface area contributed by atoms with E-state index in [4.69, 9.17) is 34.8 Å². The van der Waals surface area contributed by atoms with Gasteiger partial charge in [-0.05, 0) is 37.7 Å². The molecule has 5 nitrogen and oxygen atoms in total. The molecule has 3 rings (SSSR count). The third kappa shape index (κ3) is 5.11. The molecule has 0 bridgehead atoms. The van der Waals surface area contributed by atoms with Gasteiger partial charge in [-0.1, -0.05) is 66.0 Å². The van der Waals surface area contributed by atoms with Crippen LogP contribution in [0.3, 0.4) is 0 Å². The van der Waals surface area contributed by atoms with Crippen LogP contribution in [0, 0.1) is 6.92 Å². The molecular formula is C21H21Cl3N4O. The van der Waals surface area contributed by atoms with Crippen molar-refractivity contribution in [3.05, 3.63) is 75.0 Å². The summed E-state index contributed by atoms with van der Waals surface area (Å²) in [5.74, 6) is -0.203. The second kappa shape index (κ2) is 9.63. The lowest BCUT2D eigenvalue weighted by atomic mass is 10.2. The third-order valence-corrected chi connectivity index (χ3v) is 5.56. The summed E-state index contributed by atoms with van der Waals surface area (Å²) in [4.78, 5) is 14.5. The Bertz CT molecular complexity index is 984. The Morgan fingerprint density at radius 1 is 1.07 bits per heavy atom. The number of carbonyl (C=O) groups excluding carboxylic acids is 1. The summed E-state index contributed by atoms with van der Waals surface area (Å²) in [6, 6.07) is 14.8. The molecule has 0 aliphatic rings. The highest BCUT2D eigenvalue weighted by Crippen LogP contribution is 2.30. The number of nitrogens with one attached hydrogen (secondary N) is 1. The van der Waals surface area contributed by atoms with E-state index in [1.807, 2.05) is 49.1 Å². The molecule has 1 N–H and O–H groups in total. The van der Waals surface area contributed by atoms with Gasteiger partial charge in [0.05, 0.1) is 33.7 Å². The molecule has 8 heteroatoms. The van der Waals surface area contributed by atoms with Gasteiger partial charge in [-0.3, -0.25) is 9.69 Å². The number of aryl methyl sites for hydroxylation is 1. The van der Waals surface area contributed by atoms with Gasteiger partial charge in [0.25, 0.3) is 0 Å². The van der Waals surface area contributed by atoms with Gasteiger partial charge in [0.1, 0.15) is 5.15 Å². The van der Waals surface area contributed by atoms with E-state index in [0.717, 1.165) is 16.9 Å². The SMILES string of the molecule is CCN(CC(=O)Nc1c(Cl)cccc1Cl)Cc1c(C)nn(-c2ccccc2)c1Cl. The van der Waals surface area contributed by atoms with E-state index >= 15 is 0 Å². The van der Waals surface area contributed by atoms with Crippen molar-refractivity contribution < 1.29 is 4.79 Å². The second-order valence-corrected chi connectivity index (χ2v) is 7.72. The van der Waals surface area contributed by atoms with Crippen LogP contribution in [-0.4, -0.2) is 33.7 Å². The number of rotatable bonds is 7. The number of para-hydroxylation sites is 2. The zero-order valence-corrected chi connectivity index (χ0v) is 18.4. The Hall–Kier alpha value is -2.05. The molecule has 0 saturated carbocycles. The highest BCUT2D eigenvalue weighted by atomic mass is 35.5. The van der Waals surface area contributed by atoms with Crippen LogP contribution in [0.2, 0.25) is 15.2 Å². The molecule has 0 spiro atoms. The minimum absolute atomic E-state index is 0.171. The van der Waals surface area contributed by atoms with Crippen molar-refractivity contribution in [1.82, 2.24) is 14.7 Å². The van der Waals surface area contributed by atoms with E-state index in [2.05, 4.69) is 10.4 Å². The Kier molecular flexibility index (Phi) is 7.19. The predicted molar refractivity (Wildman–Crippen MR) is 119 cm³/mol. The lowest BCUT2D eigenvalue weighted by Gasteiger charge is -2.20. The smallest absolute Gasteiger partial charge is 0.238 e. The fourth-order valence-electron chi connectivity index (χ4n) is 2.95. The van der Waals surface area contributed by atoms with Crippen LogP contribution in [0.5, 0.6) is 0 Å². The van der Waals surface area contributed by atoms with Crippen LogP contribution in [0.1, 0.15) is 18.2 Å². The largest absolute Gasteiger partial charge is 0.322 e. The summed E-state index contributed by atoms with van der Waals surface area (Å²) in [7, 11) is 0. The quantitative estimate of drug-likeness (QED) is 0.508. The molecule has 1 aromatic heterocycles. The number of benzene rings is 2. The number of hydrogen-bond donors (Lipinski definition) is 1. The van der Waals surface area contributed by atoms with Crippen molar-refractivity contribution in [2.45, 2.75) is 20.4 Å². The molecule has 152 valence electrons. The van der Waals surface area contributed by atoms with Gasteiger partial charge in [0.15, 0.2) is 0 Å². The number of amides is 1. The van der Waals surface area contributed by atoms with Crippen molar-refractivity contribution in [1.29, 1.82) is 0 Å². The molecule has 0 fully saturated rings. The average Bonchev–Trinajstić information content (AvgIpc) is 2.99. The standard InChI is InChI=1S/C21H21Cl3N4O/c1-3-27(13-19(29)25-20-17(22)10-7-11-18(20)23)12-16-14(2)26-28(21(16)24)15-8-5-4-6-9-15/h4-11H,3,12-13H2,1-2H3,(H,25,29). The van der Waals surface area contributed by atoms with E-state index in [1.54, 1.807) is 22.9 Å². The highest BCUT2D eigenvalue weighted by Gasteiger charge is 2.19. The molecule has 1 amide bonds. The molecule has 0 unspecified atom stereocenters. The molecule has 3 aromatic rings. The third-order valence-electron chi connectivity index (χ3n) is 4.55. The first-order valence-electron chi connectivity index (χ1n) is 9.16. The maximum atomic E-state index is 12.5. The van der Waals surface area contributed by atoms with Crippen LogP contribution < -0.4 is 5.32 Å². The summed E-state index contributed by atoms with van der Waals surface area (Å²) < 4.78 is 1.71. The summed E-state index contributed by atoms with van der Waals surface area (Å²) >= 11 is 18.9. The van der Waals surface area contributed by atoms with E-state index in [1.165, 1.54) is 0 Å². The normalized spacial score (nSPS) is 11.1. The maximum absolute atomic E-state index is 12.5. The number of nitrogens with zero attached hydrogens (tertiary/aromatic N) is 3. The molecule has 0 radical (unpaired) electrons. The van der Waals surface area contributed by atoms with E-state index in [-0.39, 0.29) is 12.5 Å². The zero-order valence-electron chi connectivity index (χ0n) is 16.1. The fourth-order valence-corrected chi connectivity index (χ4v) is 3.78. The molecular weight excluding hydrogens is 431 g/mol. The molecule has 0 aliphatic carbocycles.